The lowest BCUT2D eigenvalue weighted by molar-refractivity contribution is -0.151. The van der Waals surface area contributed by atoms with Gasteiger partial charge in [0.1, 0.15) is 12.6 Å². The molecule has 5 N–H and O–H groups in total. The number of nitrogens with zero attached hydrogens (tertiary/aromatic N) is 2. The molecule has 0 bridgehead atoms. The maximum Gasteiger partial charge on any atom is 0.252 e. The largest absolute Gasteiger partial charge is 0.392 e. The molecule has 3 atom stereocenters. The highest BCUT2D eigenvalue weighted by Crippen LogP contribution is 2.28. The predicted molar refractivity (Wildman–Crippen MR) is 174 cm³/mol. The average molecular weight is 664 g/mol. The summed E-state index contributed by atoms with van der Waals surface area (Å²) in [5.74, 6) is -1.47. The van der Waals surface area contributed by atoms with Crippen molar-refractivity contribution in [2.24, 2.45) is 11.1 Å². The van der Waals surface area contributed by atoms with Crippen LogP contribution >= 0.6 is 11.3 Å². The van der Waals surface area contributed by atoms with E-state index in [0.29, 0.717) is 39.6 Å². The maximum atomic E-state index is 14.1. The van der Waals surface area contributed by atoms with Crippen LogP contribution in [0.2, 0.25) is 0 Å². The smallest absolute Gasteiger partial charge is 0.252 e. The monoisotopic (exact) mass is 663 g/mol. The lowest BCUT2D eigenvalue weighted by Gasteiger charge is -2.35. The predicted octanol–water partition coefficient (Wildman–Crippen LogP) is 1.25. The van der Waals surface area contributed by atoms with E-state index in [-0.39, 0.29) is 39.3 Å². The van der Waals surface area contributed by atoms with E-state index < -0.39 is 41.3 Å². The number of β-amino-alcohol motifs (C(OH)–C–C–N with tert-alkyl or cyclic N) is 1. The van der Waals surface area contributed by atoms with Gasteiger partial charge in [-0.15, -0.1) is 11.3 Å². The van der Waals surface area contributed by atoms with Gasteiger partial charge in [0.25, 0.3) is 5.91 Å². The second-order valence-electron chi connectivity index (χ2n) is 12.1. The summed E-state index contributed by atoms with van der Waals surface area (Å²) >= 11 is 1.55. The molecule has 0 saturated carbocycles. The third-order valence-corrected chi connectivity index (χ3v) is 8.25. The van der Waals surface area contributed by atoms with Crippen LogP contribution in [0.5, 0.6) is 0 Å². The minimum Gasteiger partial charge on any atom is -0.392 e. The number of nitrogens with one attached hydrogen (secondary N) is 2. The molecule has 0 unspecified atom stereocenters. The molecule has 1 saturated heterocycles. The lowest BCUT2D eigenvalue weighted by Crippen LogP contribution is -2.58. The van der Waals surface area contributed by atoms with Crippen molar-refractivity contribution in [3.63, 3.8) is 0 Å². The number of benzene rings is 1. The van der Waals surface area contributed by atoms with Crippen LogP contribution in [0, 0.1) is 12.3 Å². The summed E-state index contributed by atoms with van der Waals surface area (Å²) in [5.41, 5.74) is 9.10. The third-order valence-electron chi connectivity index (χ3n) is 7.27. The van der Waals surface area contributed by atoms with E-state index in [1.165, 1.54) is 4.90 Å². The van der Waals surface area contributed by atoms with Crippen LogP contribution < -0.4 is 16.4 Å². The number of hydrogen-bond donors (Lipinski definition) is 4. The lowest BCUT2D eigenvalue weighted by atomic mass is 9.85. The van der Waals surface area contributed by atoms with Crippen LogP contribution in [-0.2, 0) is 39.9 Å². The van der Waals surface area contributed by atoms with Gasteiger partial charge in [0, 0.05) is 13.1 Å². The molecule has 0 aliphatic carbocycles. The van der Waals surface area contributed by atoms with Crippen LogP contribution in [0.4, 0.5) is 0 Å². The molecule has 0 spiro atoms. The Hall–Kier alpha value is -2.82. The van der Waals surface area contributed by atoms with E-state index in [2.05, 4.69) is 15.6 Å². The second kappa shape index (κ2) is 19.1. The summed E-state index contributed by atoms with van der Waals surface area (Å²) in [7, 11) is 0. The average Bonchev–Trinajstić information content (AvgIpc) is 3.66. The summed E-state index contributed by atoms with van der Waals surface area (Å²) in [6, 6.07) is 5.91. The molecule has 3 rings (SSSR count). The van der Waals surface area contributed by atoms with E-state index in [9.17, 15) is 19.5 Å². The number of aryl methyl sites for hydroxylation is 1. The minimum atomic E-state index is -1.01. The van der Waals surface area contributed by atoms with Crippen LogP contribution in [0.25, 0.3) is 10.4 Å². The number of hydrogen-bond acceptors (Lipinski definition) is 12. The number of aliphatic hydroxyl groups excluding tert-OH is 1. The first kappa shape index (κ1) is 37.6. The van der Waals surface area contributed by atoms with Crippen molar-refractivity contribution in [3.8, 4) is 10.4 Å². The van der Waals surface area contributed by atoms with Crippen LogP contribution in [0.3, 0.4) is 0 Å². The molecular weight excluding hydrogens is 614 g/mol. The highest BCUT2D eigenvalue weighted by molar-refractivity contribution is 7.13. The Kier molecular flexibility index (Phi) is 15.6. The second-order valence-corrected chi connectivity index (χ2v) is 13.0. The molecule has 2 aromatic rings. The molecule has 2 heterocycles. The van der Waals surface area contributed by atoms with Gasteiger partial charge in [-0.05, 0) is 29.9 Å². The Labute approximate surface area is 275 Å². The Morgan fingerprint density at radius 2 is 1.65 bits per heavy atom. The zero-order valence-corrected chi connectivity index (χ0v) is 28.1. The zero-order chi connectivity index (χ0) is 33.5. The SMILES string of the molecule is Cc1ncsc1-c1ccc(CN(C(=O)[C@@H]2C[C@@H](O)CN2)C(=O)[C@@H](NC(=O)COCCOCCOCCOCCN)C(C)(C)C)cc1. The maximum absolute atomic E-state index is 14.1. The van der Waals surface area contributed by atoms with E-state index in [1.54, 1.807) is 16.8 Å². The first-order valence-electron chi connectivity index (χ1n) is 15.6. The van der Waals surface area contributed by atoms with E-state index in [4.69, 9.17) is 24.7 Å². The third kappa shape index (κ3) is 12.1. The van der Waals surface area contributed by atoms with Gasteiger partial charge in [0.2, 0.25) is 11.8 Å². The zero-order valence-electron chi connectivity index (χ0n) is 27.3. The van der Waals surface area contributed by atoms with E-state index in [0.717, 1.165) is 21.7 Å². The number of imide groups is 1. The molecule has 1 fully saturated rings. The van der Waals surface area contributed by atoms with Crippen LogP contribution in [-0.4, -0.2) is 117 Å². The van der Waals surface area contributed by atoms with Crippen LogP contribution in [0.1, 0.15) is 38.4 Å². The minimum absolute atomic E-state index is 0.00855. The number of ether oxygens (including phenoxy) is 4. The molecule has 1 aliphatic rings. The number of carbonyl (C=O) groups is 3. The van der Waals surface area contributed by atoms with E-state index in [1.807, 2.05) is 52.0 Å². The van der Waals surface area contributed by atoms with E-state index >= 15 is 0 Å². The number of carbonyl (C=O) groups excluding carboxylic acids is 3. The van der Waals surface area contributed by atoms with Gasteiger partial charge in [-0.2, -0.15) is 0 Å². The molecule has 256 valence electrons. The van der Waals surface area contributed by atoms with Crippen LogP contribution in [0.15, 0.2) is 29.8 Å². The summed E-state index contributed by atoms with van der Waals surface area (Å²) in [6.07, 6.45) is -0.482. The fourth-order valence-electron chi connectivity index (χ4n) is 4.80. The number of nitrogens with two attached hydrogens (primary N) is 1. The molecule has 1 aromatic carbocycles. The van der Waals surface area contributed by atoms with Gasteiger partial charge in [-0.3, -0.25) is 19.3 Å². The fourth-order valence-corrected chi connectivity index (χ4v) is 5.61. The highest BCUT2D eigenvalue weighted by atomic mass is 32.1. The molecular formula is C32H49N5O8S. The van der Waals surface area contributed by atoms with Crippen molar-refractivity contribution in [1.29, 1.82) is 0 Å². The summed E-state index contributed by atoms with van der Waals surface area (Å²) in [6.45, 7) is 10.5. The van der Waals surface area contributed by atoms with Crippen molar-refractivity contribution in [3.05, 3.63) is 41.0 Å². The van der Waals surface area contributed by atoms with Gasteiger partial charge >= 0.3 is 0 Å². The number of rotatable bonds is 19. The van der Waals surface area contributed by atoms with Crippen molar-refractivity contribution in [2.75, 3.05) is 65.9 Å². The Balaban J connectivity index is 1.58. The van der Waals surface area contributed by atoms with Gasteiger partial charge in [-0.25, -0.2) is 4.98 Å². The quantitative estimate of drug-likeness (QED) is 0.159. The number of amides is 3. The Bertz CT molecular complexity index is 1240. The fraction of sp³-hybridized carbons (Fsp3) is 0.625. The molecule has 3 amide bonds. The van der Waals surface area contributed by atoms with Crippen molar-refractivity contribution in [2.45, 2.75) is 58.8 Å². The normalized spacial score (nSPS) is 17.2. The molecule has 13 nitrogen and oxygen atoms in total. The Morgan fingerprint density at radius 1 is 1.04 bits per heavy atom. The van der Waals surface area contributed by atoms with Crippen molar-refractivity contribution < 1.29 is 38.4 Å². The molecule has 0 radical (unpaired) electrons. The molecule has 1 aliphatic heterocycles. The van der Waals surface area contributed by atoms with Crippen molar-refractivity contribution >= 4 is 29.1 Å². The van der Waals surface area contributed by atoms with Gasteiger partial charge < -0.3 is 40.4 Å². The van der Waals surface area contributed by atoms with Crippen molar-refractivity contribution in [1.82, 2.24) is 20.5 Å². The molecule has 14 heteroatoms. The molecule has 1 aromatic heterocycles. The molecule has 46 heavy (non-hydrogen) atoms. The van der Waals surface area contributed by atoms with Gasteiger partial charge in [0.15, 0.2) is 0 Å². The summed E-state index contributed by atoms with van der Waals surface area (Å²) in [4.78, 5) is 47.2. The number of aromatic nitrogens is 1. The summed E-state index contributed by atoms with van der Waals surface area (Å²) in [5, 5.41) is 15.9. The van der Waals surface area contributed by atoms with Gasteiger partial charge in [0.05, 0.1) is 81.0 Å². The number of thiazole rings is 1. The highest BCUT2D eigenvalue weighted by Gasteiger charge is 2.41. The van der Waals surface area contributed by atoms with Gasteiger partial charge in [-0.1, -0.05) is 45.0 Å². The standard InChI is InChI=1S/C32H49N5O8S/c1-22-28(46-21-35-22)24-7-5-23(6-8-24)19-37(30(40)26-17-25(38)18-34-26)31(41)29(32(2,3)4)36-27(39)20-45-16-15-44-14-13-43-12-11-42-10-9-33/h5-8,21,25-26,29,34,38H,9-20,33H2,1-4H3,(H,36,39)/t25-,26+,29-/m1/s1. The number of aliphatic hydroxyl groups is 1. The Morgan fingerprint density at radius 3 is 2.17 bits per heavy atom. The first-order chi connectivity index (χ1) is 22.0. The first-order valence-corrected chi connectivity index (χ1v) is 16.5. The summed E-state index contributed by atoms with van der Waals surface area (Å²) < 4.78 is 21.5. The topological polar surface area (TPSA) is 175 Å².